The van der Waals surface area contributed by atoms with Gasteiger partial charge in [-0.05, 0) is 71.5 Å². The van der Waals surface area contributed by atoms with E-state index in [1.807, 2.05) is 0 Å². The molecule has 1 saturated heterocycles. The van der Waals surface area contributed by atoms with Crippen LogP contribution in [0.4, 0.5) is 0 Å². The molecule has 0 aromatic carbocycles. The summed E-state index contributed by atoms with van der Waals surface area (Å²) in [4.78, 5) is 0. The average Bonchev–Trinajstić information content (AvgIpc) is 3.05. The normalized spacial score (nSPS) is 24.9. The molecule has 1 heterocycles. The minimum absolute atomic E-state index is 0.277. The Morgan fingerprint density at radius 2 is 1.75 bits per heavy atom. The van der Waals surface area contributed by atoms with Gasteiger partial charge in [0.15, 0.2) is 8.32 Å². The van der Waals surface area contributed by atoms with Gasteiger partial charge in [0.05, 0.1) is 6.61 Å². The topological polar surface area (TPSA) is 31.2 Å². The Hall–Kier alpha value is -0.383. The zero-order valence-electron chi connectivity index (χ0n) is 17.7. The maximum atomic E-state index is 6.37. The van der Waals surface area contributed by atoms with Gasteiger partial charge in [0.1, 0.15) is 0 Å². The molecule has 140 valence electrons. The highest BCUT2D eigenvalue weighted by atomic mass is 28.4. The second-order valence-corrected chi connectivity index (χ2v) is 14.4. The molecule has 0 bridgehead atoms. The van der Waals surface area contributed by atoms with Crippen LogP contribution in [0.3, 0.4) is 0 Å². The molecule has 3 heteroatoms. The average molecular weight is 352 g/mol. The summed E-state index contributed by atoms with van der Waals surface area (Å²) in [5.41, 5.74) is 3.21. The molecule has 1 fully saturated rings. The van der Waals surface area contributed by atoms with E-state index in [-0.39, 0.29) is 5.54 Å². The molecule has 24 heavy (non-hydrogen) atoms. The van der Waals surface area contributed by atoms with Gasteiger partial charge in [-0.15, -0.1) is 0 Å². The number of rotatable bonds is 9. The van der Waals surface area contributed by atoms with Crippen molar-refractivity contribution in [3.8, 4) is 0 Å². The van der Waals surface area contributed by atoms with Gasteiger partial charge in [0.25, 0.3) is 0 Å². The third kappa shape index (κ3) is 6.85. The molecule has 1 N–H and O–H groups in total. The van der Waals surface area contributed by atoms with Crippen molar-refractivity contribution < 1.29 is 4.43 Å². The largest absolute Gasteiger partial charge is 0.415 e. The molecule has 1 aliphatic heterocycles. The predicted octanol–water partition coefficient (Wildman–Crippen LogP) is 6.21. The van der Waals surface area contributed by atoms with Crippen LogP contribution in [0.2, 0.25) is 18.1 Å². The van der Waals surface area contributed by atoms with E-state index in [9.17, 15) is 0 Å². The highest BCUT2D eigenvalue weighted by Crippen LogP contribution is 2.38. The van der Waals surface area contributed by atoms with Crippen molar-refractivity contribution in [2.75, 3.05) is 6.61 Å². The summed E-state index contributed by atoms with van der Waals surface area (Å²) in [5, 5.41) is 3.95. The number of hydrogen-bond acceptors (Lipinski definition) is 2. The SMILES string of the molecule is CC(C)=CCC/C(C)=C/CC[C@]1(C)N[C@H]1CO[Si](C)(C)C(C)(C)C. The third-order valence-electron chi connectivity index (χ3n) is 5.85. The van der Waals surface area contributed by atoms with E-state index < -0.39 is 8.32 Å². The van der Waals surface area contributed by atoms with E-state index >= 15 is 0 Å². The fourth-order valence-electron chi connectivity index (χ4n) is 2.65. The van der Waals surface area contributed by atoms with E-state index in [0.717, 1.165) is 6.61 Å². The van der Waals surface area contributed by atoms with E-state index in [1.165, 1.54) is 36.8 Å². The first-order valence-electron chi connectivity index (χ1n) is 9.58. The Morgan fingerprint density at radius 1 is 1.12 bits per heavy atom. The predicted molar refractivity (Wildman–Crippen MR) is 110 cm³/mol. The quantitative estimate of drug-likeness (QED) is 0.304. The van der Waals surface area contributed by atoms with Gasteiger partial charge in [-0.1, -0.05) is 44.1 Å². The Bertz CT molecular complexity index is 469. The third-order valence-corrected chi connectivity index (χ3v) is 10.4. The lowest BCUT2D eigenvalue weighted by Gasteiger charge is -2.36. The smallest absolute Gasteiger partial charge is 0.192 e. The molecule has 0 amide bonds. The monoisotopic (exact) mass is 351 g/mol. The molecule has 0 aliphatic carbocycles. The summed E-state index contributed by atoms with van der Waals surface area (Å²) < 4.78 is 6.37. The van der Waals surface area contributed by atoms with E-state index in [4.69, 9.17) is 4.43 Å². The fourth-order valence-corrected chi connectivity index (χ4v) is 3.66. The zero-order valence-corrected chi connectivity index (χ0v) is 18.7. The van der Waals surface area contributed by atoms with Gasteiger partial charge >= 0.3 is 0 Å². The van der Waals surface area contributed by atoms with Crippen LogP contribution < -0.4 is 5.32 Å². The Labute approximate surface area is 152 Å². The van der Waals surface area contributed by atoms with Crippen molar-refractivity contribution in [1.82, 2.24) is 5.32 Å². The summed E-state index contributed by atoms with van der Waals surface area (Å²) in [6.07, 6.45) is 9.49. The highest BCUT2D eigenvalue weighted by Gasteiger charge is 2.49. The Balaban J connectivity index is 2.32. The summed E-state index contributed by atoms with van der Waals surface area (Å²) in [6, 6.07) is 0.533. The van der Waals surface area contributed by atoms with E-state index in [1.54, 1.807) is 0 Å². The van der Waals surface area contributed by atoms with Gasteiger partial charge < -0.3 is 9.74 Å². The van der Waals surface area contributed by atoms with Crippen molar-refractivity contribution in [3.63, 3.8) is 0 Å². The molecule has 0 spiro atoms. The Morgan fingerprint density at radius 3 is 2.29 bits per heavy atom. The zero-order chi connectivity index (χ0) is 18.6. The minimum atomic E-state index is -1.62. The number of nitrogens with one attached hydrogen (secondary N) is 1. The maximum Gasteiger partial charge on any atom is 0.192 e. The van der Waals surface area contributed by atoms with Crippen LogP contribution in [0.1, 0.15) is 74.1 Å². The van der Waals surface area contributed by atoms with E-state index in [0.29, 0.717) is 11.1 Å². The molecule has 0 radical (unpaired) electrons. The highest BCUT2D eigenvalue weighted by molar-refractivity contribution is 6.74. The van der Waals surface area contributed by atoms with Crippen molar-refractivity contribution in [2.45, 2.75) is 104 Å². The van der Waals surface area contributed by atoms with Crippen molar-refractivity contribution in [3.05, 3.63) is 23.3 Å². The van der Waals surface area contributed by atoms with Crippen molar-refractivity contribution >= 4 is 8.32 Å². The first kappa shape index (κ1) is 21.7. The molecule has 0 saturated carbocycles. The van der Waals surface area contributed by atoms with Gasteiger partial charge in [0, 0.05) is 11.6 Å². The number of hydrogen-bond donors (Lipinski definition) is 1. The van der Waals surface area contributed by atoms with Crippen LogP contribution in [0.5, 0.6) is 0 Å². The number of allylic oxidation sites excluding steroid dienone is 4. The van der Waals surface area contributed by atoms with Crippen LogP contribution in [-0.4, -0.2) is 26.5 Å². The van der Waals surface area contributed by atoms with Crippen molar-refractivity contribution in [2.24, 2.45) is 0 Å². The van der Waals surface area contributed by atoms with Crippen molar-refractivity contribution in [1.29, 1.82) is 0 Å². The first-order chi connectivity index (χ1) is 10.9. The summed E-state index contributed by atoms with van der Waals surface area (Å²) in [5.74, 6) is 0. The molecule has 0 aromatic heterocycles. The molecule has 1 rings (SSSR count). The van der Waals surface area contributed by atoms with Crippen LogP contribution in [0, 0.1) is 0 Å². The van der Waals surface area contributed by atoms with Crippen LogP contribution in [-0.2, 0) is 4.43 Å². The molecular weight excluding hydrogens is 310 g/mol. The maximum absolute atomic E-state index is 6.37. The molecule has 0 unspecified atom stereocenters. The molecule has 1 aliphatic rings. The first-order valence-corrected chi connectivity index (χ1v) is 12.5. The van der Waals surface area contributed by atoms with E-state index in [2.05, 4.69) is 79.0 Å². The fraction of sp³-hybridized carbons (Fsp3) is 0.810. The lowest BCUT2D eigenvalue weighted by Crippen LogP contribution is -2.42. The van der Waals surface area contributed by atoms with Crippen LogP contribution in [0.15, 0.2) is 23.3 Å². The Kier molecular flexibility index (Phi) is 7.52. The van der Waals surface area contributed by atoms with Gasteiger partial charge in [-0.3, -0.25) is 0 Å². The molecule has 2 atom stereocenters. The summed E-state index contributed by atoms with van der Waals surface area (Å²) in [7, 11) is -1.62. The molecular formula is C21H41NOSi. The second-order valence-electron chi connectivity index (χ2n) is 9.60. The summed E-state index contributed by atoms with van der Waals surface area (Å²) in [6.45, 7) is 21.4. The second kappa shape index (κ2) is 8.33. The van der Waals surface area contributed by atoms with Gasteiger partial charge in [0.2, 0.25) is 0 Å². The lowest BCUT2D eigenvalue weighted by atomic mass is 10.00. The summed E-state index contributed by atoms with van der Waals surface area (Å²) >= 11 is 0. The standard InChI is InChI=1S/C21H41NOSi/c1-17(2)12-10-13-18(3)14-11-15-21(7)19(22-21)16-23-24(8,9)20(4,5)6/h12,14,19,22H,10-11,13,15-16H2,1-9H3/b18-14+/t19-,21-/m0/s1. The van der Waals surface area contributed by atoms with Crippen LogP contribution >= 0.6 is 0 Å². The lowest BCUT2D eigenvalue weighted by molar-refractivity contribution is 0.282. The molecule has 2 nitrogen and oxygen atoms in total. The van der Waals surface area contributed by atoms with Gasteiger partial charge in [-0.2, -0.15) is 0 Å². The minimum Gasteiger partial charge on any atom is -0.415 e. The molecule has 0 aromatic rings. The van der Waals surface area contributed by atoms with Crippen LogP contribution in [0.25, 0.3) is 0 Å². The van der Waals surface area contributed by atoms with Gasteiger partial charge in [-0.25, -0.2) is 0 Å².